The summed E-state index contributed by atoms with van der Waals surface area (Å²) >= 11 is 0. The molecule has 2 aromatic carbocycles. The topological polar surface area (TPSA) is 59.1 Å². The summed E-state index contributed by atoms with van der Waals surface area (Å²) in [6.07, 6.45) is -17.9. The van der Waals surface area contributed by atoms with Crippen molar-refractivity contribution >= 4 is 17.9 Å². The normalized spacial score (nSPS) is 17.5. The Morgan fingerprint density at radius 2 is 1.41 bits per heavy atom. The van der Waals surface area contributed by atoms with Crippen LogP contribution in [0.15, 0.2) is 36.4 Å². The van der Waals surface area contributed by atoms with Crippen LogP contribution in [0.3, 0.4) is 0 Å². The summed E-state index contributed by atoms with van der Waals surface area (Å²) in [6.45, 7) is 5.87. The fourth-order valence-electron chi connectivity index (χ4n) is 5.18. The first-order valence-electron chi connectivity index (χ1n) is 13.5. The van der Waals surface area contributed by atoms with Crippen molar-refractivity contribution in [1.29, 1.82) is 0 Å². The molecule has 0 radical (unpaired) electrons. The number of nitrogens with zero attached hydrogens (tertiary/aromatic N) is 2. The predicted molar refractivity (Wildman–Crippen MR) is 141 cm³/mol. The van der Waals surface area contributed by atoms with Crippen LogP contribution < -0.4 is 4.90 Å². The lowest BCUT2D eigenvalue weighted by molar-refractivity contribution is -0.143. The second-order valence-corrected chi connectivity index (χ2v) is 11.1. The van der Waals surface area contributed by atoms with Crippen LogP contribution in [0.2, 0.25) is 0 Å². The zero-order chi connectivity index (χ0) is 33.4. The van der Waals surface area contributed by atoms with Gasteiger partial charge < -0.3 is 9.47 Å². The molecule has 1 heterocycles. The van der Waals surface area contributed by atoms with Crippen molar-refractivity contribution in [2.24, 2.45) is 5.92 Å². The highest BCUT2D eigenvalue weighted by Crippen LogP contribution is 2.46. The summed E-state index contributed by atoms with van der Waals surface area (Å²) in [5.74, 6) is -0.0876. The maximum Gasteiger partial charge on any atom is 0.416 e. The molecule has 0 saturated carbocycles. The molecule has 6 nitrogen and oxygen atoms in total. The lowest BCUT2D eigenvalue weighted by atomic mass is 9.85. The molecule has 0 spiro atoms. The number of hydrogen-bond acceptors (Lipinski definition) is 4. The summed E-state index contributed by atoms with van der Waals surface area (Å²) in [7, 11) is 0.913. The molecule has 3 rings (SSSR count). The minimum absolute atomic E-state index is 0.0560. The van der Waals surface area contributed by atoms with E-state index in [0.29, 0.717) is 18.2 Å². The van der Waals surface area contributed by atoms with Crippen LogP contribution in [0.4, 0.5) is 54.8 Å². The number of ether oxygens (including phenoxy) is 2. The van der Waals surface area contributed by atoms with Gasteiger partial charge in [0.25, 0.3) is 0 Å². The van der Waals surface area contributed by atoms with Crippen LogP contribution in [0.5, 0.6) is 0 Å². The minimum atomic E-state index is -5.18. The molecule has 15 heteroatoms. The van der Waals surface area contributed by atoms with E-state index in [1.54, 1.807) is 13.8 Å². The molecule has 0 saturated heterocycles. The number of alkyl halides is 9. The molecule has 0 unspecified atom stereocenters. The lowest BCUT2D eigenvalue weighted by Crippen LogP contribution is -2.49. The maximum atomic E-state index is 13.8. The molecule has 1 aliphatic heterocycles. The maximum absolute atomic E-state index is 13.8. The summed E-state index contributed by atoms with van der Waals surface area (Å²) in [5, 5.41) is 0. The van der Waals surface area contributed by atoms with Gasteiger partial charge in [0.2, 0.25) is 0 Å². The molecular formula is C29H31F9N2O4. The molecule has 1 aliphatic rings. The third-order valence-corrected chi connectivity index (χ3v) is 6.90. The third kappa shape index (κ3) is 8.08. The van der Waals surface area contributed by atoms with Gasteiger partial charge in [-0.15, -0.1) is 0 Å². The molecule has 44 heavy (non-hydrogen) atoms. The first-order valence-corrected chi connectivity index (χ1v) is 13.5. The van der Waals surface area contributed by atoms with Gasteiger partial charge in [-0.25, -0.2) is 9.59 Å². The number of fused-ring (bicyclic) bond motifs is 1. The predicted octanol–water partition coefficient (Wildman–Crippen LogP) is 9.22. The lowest BCUT2D eigenvalue weighted by Gasteiger charge is -2.44. The number of hydrogen-bond donors (Lipinski definition) is 0. The number of rotatable bonds is 6. The molecule has 0 bridgehead atoms. The molecule has 244 valence electrons. The van der Waals surface area contributed by atoms with Crippen LogP contribution in [0.25, 0.3) is 0 Å². The second kappa shape index (κ2) is 12.8. The monoisotopic (exact) mass is 642 g/mol. The van der Waals surface area contributed by atoms with Crippen LogP contribution in [-0.2, 0) is 34.5 Å². The van der Waals surface area contributed by atoms with Crippen molar-refractivity contribution in [3.05, 3.63) is 64.2 Å². The van der Waals surface area contributed by atoms with Crippen molar-refractivity contribution in [3.8, 4) is 0 Å². The van der Waals surface area contributed by atoms with Crippen LogP contribution in [-0.4, -0.2) is 36.3 Å². The van der Waals surface area contributed by atoms with Gasteiger partial charge in [0, 0.05) is 12.6 Å². The van der Waals surface area contributed by atoms with Crippen molar-refractivity contribution in [2.75, 3.05) is 12.0 Å². The smallest absolute Gasteiger partial charge is 0.416 e. The highest BCUT2D eigenvalue weighted by atomic mass is 19.4. The summed E-state index contributed by atoms with van der Waals surface area (Å²) < 4.78 is 133. The summed E-state index contributed by atoms with van der Waals surface area (Å²) in [6, 6.07) is 1.11. The number of benzene rings is 2. The Bertz CT molecular complexity index is 1320. The number of methoxy groups -OCH3 is 1. The molecule has 2 atom stereocenters. The number of halogens is 9. The number of carbonyl (C=O) groups excluding carboxylic acids is 2. The fraction of sp³-hybridized carbons (Fsp3) is 0.517. The zero-order valence-corrected chi connectivity index (χ0v) is 24.3. The van der Waals surface area contributed by atoms with E-state index in [1.807, 2.05) is 13.8 Å². The minimum Gasteiger partial charge on any atom is -0.453 e. The van der Waals surface area contributed by atoms with Crippen LogP contribution >= 0.6 is 0 Å². The van der Waals surface area contributed by atoms with Crippen LogP contribution in [0, 0.1) is 5.92 Å². The van der Waals surface area contributed by atoms with E-state index in [4.69, 9.17) is 9.47 Å². The average Bonchev–Trinajstić information content (AvgIpc) is 2.88. The number of carbonyl (C=O) groups is 2. The van der Waals surface area contributed by atoms with Crippen molar-refractivity contribution < 1.29 is 58.6 Å². The largest absolute Gasteiger partial charge is 0.453 e. The summed E-state index contributed by atoms with van der Waals surface area (Å²) in [5.41, 5.74) is -5.27. The highest BCUT2D eigenvalue weighted by Gasteiger charge is 2.44. The first-order chi connectivity index (χ1) is 20.1. The molecule has 0 aliphatic carbocycles. The number of anilines is 1. The van der Waals surface area contributed by atoms with Crippen molar-refractivity contribution in [2.45, 2.75) is 83.8 Å². The molecular weight excluding hydrogens is 611 g/mol. The van der Waals surface area contributed by atoms with E-state index < -0.39 is 77.7 Å². The Morgan fingerprint density at radius 1 is 0.864 bits per heavy atom. The van der Waals surface area contributed by atoms with E-state index in [-0.39, 0.29) is 36.1 Å². The highest BCUT2D eigenvalue weighted by molar-refractivity contribution is 5.90. The van der Waals surface area contributed by atoms with E-state index >= 15 is 0 Å². The fourth-order valence-corrected chi connectivity index (χ4v) is 5.18. The van der Waals surface area contributed by atoms with Gasteiger partial charge in [-0.2, -0.15) is 39.5 Å². The molecule has 0 fully saturated rings. The van der Waals surface area contributed by atoms with E-state index in [9.17, 15) is 49.1 Å². The van der Waals surface area contributed by atoms with Gasteiger partial charge in [0.05, 0.1) is 41.6 Å². The molecule has 2 aromatic rings. The Morgan fingerprint density at radius 3 is 1.86 bits per heavy atom. The van der Waals surface area contributed by atoms with Gasteiger partial charge in [0.15, 0.2) is 0 Å². The van der Waals surface area contributed by atoms with Gasteiger partial charge in [-0.05, 0) is 80.1 Å². The van der Waals surface area contributed by atoms with Gasteiger partial charge in [-0.3, -0.25) is 9.80 Å². The van der Waals surface area contributed by atoms with Gasteiger partial charge >= 0.3 is 30.7 Å². The van der Waals surface area contributed by atoms with Gasteiger partial charge in [-0.1, -0.05) is 13.8 Å². The van der Waals surface area contributed by atoms with Crippen LogP contribution in [0.1, 0.15) is 74.4 Å². The SMILES string of the molecule is COC(=O)N(Cc1cc(C(F)(F)F)cc(C(F)(F)F)c1)[C@H]1C[C@@H](CC(C)C)N(C(=O)OC(C)C)c2ccc(C(F)(F)F)cc21. The summed E-state index contributed by atoms with van der Waals surface area (Å²) in [4.78, 5) is 28.3. The molecule has 0 aromatic heterocycles. The Hall–Kier alpha value is -3.65. The Balaban J connectivity index is 2.27. The Labute approximate surface area is 247 Å². The second-order valence-electron chi connectivity index (χ2n) is 11.1. The van der Waals surface area contributed by atoms with E-state index in [2.05, 4.69) is 0 Å². The van der Waals surface area contributed by atoms with Crippen molar-refractivity contribution in [3.63, 3.8) is 0 Å². The van der Waals surface area contributed by atoms with E-state index in [0.717, 1.165) is 24.1 Å². The molecule has 0 N–H and O–H groups in total. The van der Waals surface area contributed by atoms with Gasteiger partial charge in [0.1, 0.15) is 0 Å². The average molecular weight is 643 g/mol. The zero-order valence-electron chi connectivity index (χ0n) is 24.3. The third-order valence-electron chi connectivity index (χ3n) is 6.90. The standard InChI is InChI=1S/C29H31F9N2O4/c1-15(2)8-21-13-24(22-12-18(27(30,31)32)6-7-23(22)40(21)26(42)44-16(3)4)39(25(41)43-5)14-17-9-19(28(33,34)35)11-20(10-17)29(36,37)38/h6-7,9-12,15-16,21,24H,8,13-14H2,1-5H3/t21-,24+/m1/s1. The Kier molecular flexibility index (Phi) is 10.1. The first kappa shape index (κ1) is 34.8. The number of amides is 2. The van der Waals surface area contributed by atoms with Crippen molar-refractivity contribution in [1.82, 2.24) is 4.90 Å². The van der Waals surface area contributed by atoms with E-state index in [1.165, 1.54) is 4.90 Å². The quantitative estimate of drug-likeness (QED) is 0.295. The molecule has 2 amide bonds.